The minimum Gasteiger partial charge on any atom is -0.348 e. The Morgan fingerprint density at radius 2 is 1.70 bits per heavy atom. The molecule has 4 nitrogen and oxygen atoms in total. The first-order valence-corrected chi connectivity index (χ1v) is 11.1. The van der Waals surface area contributed by atoms with Crippen LogP contribution in [0.15, 0.2) is 54.6 Å². The Morgan fingerprint density at radius 3 is 2.37 bits per heavy atom. The molecule has 1 aliphatic carbocycles. The molecule has 2 amide bonds. The second kappa shape index (κ2) is 8.63. The summed E-state index contributed by atoms with van der Waals surface area (Å²) in [5.74, 6) is 0.566. The van der Waals surface area contributed by atoms with Gasteiger partial charge in [-0.3, -0.25) is 9.59 Å². The van der Waals surface area contributed by atoms with Crippen molar-refractivity contribution in [1.29, 1.82) is 0 Å². The quantitative estimate of drug-likeness (QED) is 0.741. The maximum atomic E-state index is 13.5. The first-order chi connectivity index (χ1) is 14.5. The van der Waals surface area contributed by atoms with Crippen molar-refractivity contribution >= 4 is 11.8 Å². The van der Waals surface area contributed by atoms with Gasteiger partial charge in [-0.25, -0.2) is 0 Å². The molecular formula is C26H32N2O2. The van der Waals surface area contributed by atoms with Gasteiger partial charge in [0.05, 0.1) is 5.41 Å². The fourth-order valence-corrected chi connectivity index (χ4v) is 5.04. The van der Waals surface area contributed by atoms with Gasteiger partial charge in [0.25, 0.3) is 0 Å². The molecule has 158 valence electrons. The Hall–Kier alpha value is -2.62. The molecule has 0 N–H and O–H groups in total. The number of likely N-dealkylation sites (tertiary alicyclic amines) is 1. The molecule has 0 unspecified atom stereocenters. The van der Waals surface area contributed by atoms with Crippen LogP contribution in [-0.2, 0) is 16.0 Å². The minimum absolute atomic E-state index is 0.136. The fraction of sp³-hybridized carbons (Fsp3) is 0.462. The van der Waals surface area contributed by atoms with E-state index in [1.807, 2.05) is 37.2 Å². The zero-order valence-electron chi connectivity index (χ0n) is 18.1. The van der Waals surface area contributed by atoms with E-state index in [9.17, 15) is 9.59 Å². The van der Waals surface area contributed by atoms with Crippen LogP contribution in [-0.4, -0.2) is 48.8 Å². The lowest BCUT2D eigenvalue weighted by Crippen LogP contribution is -2.55. The molecule has 0 bridgehead atoms. The monoisotopic (exact) mass is 404 g/mol. The Kier molecular flexibility index (Phi) is 5.94. The van der Waals surface area contributed by atoms with Crippen molar-refractivity contribution in [2.45, 2.75) is 38.5 Å². The molecule has 0 aromatic heterocycles. The van der Waals surface area contributed by atoms with Gasteiger partial charge in [0.15, 0.2) is 0 Å². The van der Waals surface area contributed by atoms with Crippen LogP contribution >= 0.6 is 0 Å². The molecule has 1 saturated heterocycles. The molecule has 2 aromatic rings. The molecule has 4 heteroatoms. The highest BCUT2D eigenvalue weighted by atomic mass is 16.2. The summed E-state index contributed by atoms with van der Waals surface area (Å²) in [7, 11) is 3.67. The number of hydrogen-bond donors (Lipinski definition) is 0. The lowest BCUT2D eigenvalue weighted by atomic mass is 9.72. The zero-order chi connectivity index (χ0) is 21.1. The third-order valence-corrected chi connectivity index (χ3v) is 6.83. The Morgan fingerprint density at radius 1 is 1.00 bits per heavy atom. The van der Waals surface area contributed by atoms with Gasteiger partial charge in [0.1, 0.15) is 0 Å². The van der Waals surface area contributed by atoms with Crippen molar-refractivity contribution < 1.29 is 9.59 Å². The normalized spacial score (nSPS) is 21.7. The largest absolute Gasteiger partial charge is 0.348 e. The number of amides is 2. The molecular weight excluding hydrogens is 372 g/mol. The second-order valence-corrected chi connectivity index (χ2v) is 9.17. The van der Waals surface area contributed by atoms with Gasteiger partial charge in [0, 0.05) is 33.1 Å². The van der Waals surface area contributed by atoms with E-state index >= 15 is 0 Å². The topological polar surface area (TPSA) is 40.6 Å². The highest BCUT2D eigenvalue weighted by Crippen LogP contribution is 2.39. The van der Waals surface area contributed by atoms with Gasteiger partial charge < -0.3 is 9.80 Å². The third kappa shape index (κ3) is 4.00. The summed E-state index contributed by atoms with van der Waals surface area (Å²) in [6.45, 7) is 1.31. The van der Waals surface area contributed by atoms with Gasteiger partial charge in [0.2, 0.25) is 11.8 Å². The zero-order valence-corrected chi connectivity index (χ0v) is 18.1. The van der Waals surface area contributed by atoms with E-state index in [0.717, 1.165) is 38.6 Å². The molecule has 2 aliphatic rings. The van der Waals surface area contributed by atoms with E-state index in [2.05, 4.69) is 36.4 Å². The van der Waals surface area contributed by atoms with Crippen molar-refractivity contribution in [3.63, 3.8) is 0 Å². The number of nitrogens with zero attached hydrogens (tertiary/aromatic N) is 2. The molecule has 1 aliphatic heterocycles. The van der Waals surface area contributed by atoms with Gasteiger partial charge in [-0.1, -0.05) is 61.0 Å². The number of carbonyl (C=O) groups excluding carboxylic acids is 2. The fourth-order valence-electron chi connectivity index (χ4n) is 5.04. The van der Waals surface area contributed by atoms with Crippen molar-refractivity contribution in [3.05, 3.63) is 60.2 Å². The van der Waals surface area contributed by atoms with Gasteiger partial charge in [-0.2, -0.15) is 0 Å². The molecule has 1 heterocycles. The summed E-state index contributed by atoms with van der Waals surface area (Å²) < 4.78 is 0. The van der Waals surface area contributed by atoms with E-state index < -0.39 is 5.41 Å². The third-order valence-electron chi connectivity index (χ3n) is 6.83. The molecule has 2 aromatic carbocycles. The Bertz CT molecular complexity index is 904. The van der Waals surface area contributed by atoms with Crippen LogP contribution in [0.3, 0.4) is 0 Å². The summed E-state index contributed by atoms with van der Waals surface area (Å²) in [5.41, 5.74) is 2.95. The Balaban J connectivity index is 1.67. The predicted octanol–water partition coefficient (Wildman–Crippen LogP) is 4.39. The first-order valence-electron chi connectivity index (χ1n) is 11.1. The van der Waals surface area contributed by atoms with E-state index in [4.69, 9.17) is 0 Å². The summed E-state index contributed by atoms with van der Waals surface area (Å²) in [5, 5.41) is 0. The average molecular weight is 405 g/mol. The smallest absolute Gasteiger partial charge is 0.230 e. The van der Waals surface area contributed by atoms with Crippen molar-refractivity contribution in [2.75, 3.05) is 27.2 Å². The Labute approximate surface area is 179 Å². The summed E-state index contributed by atoms with van der Waals surface area (Å²) >= 11 is 0. The summed E-state index contributed by atoms with van der Waals surface area (Å²) in [6, 6.07) is 18.7. The van der Waals surface area contributed by atoms with Gasteiger partial charge in [-0.15, -0.1) is 0 Å². The van der Waals surface area contributed by atoms with Crippen LogP contribution in [0.2, 0.25) is 0 Å². The first kappa shape index (κ1) is 20.6. The van der Waals surface area contributed by atoms with Gasteiger partial charge in [-0.05, 0) is 48.8 Å². The minimum atomic E-state index is -0.563. The van der Waals surface area contributed by atoms with Crippen LogP contribution in [0.5, 0.6) is 0 Å². The number of rotatable bonds is 5. The van der Waals surface area contributed by atoms with Crippen LogP contribution in [0.25, 0.3) is 11.1 Å². The van der Waals surface area contributed by atoms with E-state index in [1.165, 1.54) is 16.7 Å². The van der Waals surface area contributed by atoms with E-state index in [-0.39, 0.29) is 17.7 Å². The lowest BCUT2D eigenvalue weighted by Gasteiger charge is -2.45. The highest BCUT2D eigenvalue weighted by molar-refractivity contribution is 5.86. The maximum Gasteiger partial charge on any atom is 0.230 e. The molecule has 2 fully saturated rings. The predicted molar refractivity (Wildman–Crippen MR) is 120 cm³/mol. The molecule has 4 rings (SSSR count). The van der Waals surface area contributed by atoms with Crippen molar-refractivity contribution in [3.8, 4) is 11.1 Å². The van der Waals surface area contributed by atoms with Crippen LogP contribution < -0.4 is 0 Å². The van der Waals surface area contributed by atoms with Crippen LogP contribution in [0.4, 0.5) is 0 Å². The highest BCUT2D eigenvalue weighted by Gasteiger charge is 2.45. The number of benzene rings is 2. The molecule has 0 radical (unpaired) electrons. The number of hydrogen-bond acceptors (Lipinski definition) is 2. The standard InChI is InChI=1S/C26H32N2O2/c1-27(2)25(30)26(16-9-17-28(19-26)24(29)21-13-8-14-21)18-22-12-6-7-15-23(22)20-10-4-3-5-11-20/h3-7,10-12,15,21H,8-9,13-14,16-19H2,1-2H3/t26-/m1/s1. The number of carbonyl (C=O) groups is 2. The molecule has 30 heavy (non-hydrogen) atoms. The van der Waals surface area contributed by atoms with Crippen molar-refractivity contribution in [2.24, 2.45) is 11.3 Å². The second-order valence-electron chi connectivity index (χ2n) is 9.17. The van der Waals surface area contributed by atoms with Crippen LogP contribution in [0, 0.1) is 11.3 Å². The van der Waals surface area contributed by atoms with E-state index in [1.54, 1.807) is 4.90 Å². The number of piperidine rings is 1. The summed E-state index contributed by atoms with van der Waals surface area (Å²) in [6.07, 6.45) is 5.51. The molecule has 1 saturated carbocycles. The van der Waals surface area contributed by atoms with E-state index in [0.29, 0.717) is 13.0 Å². The van der Waals surface area contributed by atoms with Crippen LogP contribution in [0.1, 0.15) is 37.7 Å². The SMILES string of the molecule is CN(C)C(=O)[C@@]1(Cc2ccccc2-c2ccccc2)CCCN(C(=O)C2CCC2)C1. The average Bonchev–Trinajstić information content (AvgIpc) is 2.73. The van der Waals surface area contributed by atoms with Crippen molar-refractivity contribution in [1.82, 2.24) is 9.80 Å². The summed E-state index contributed by atoms with van der Waals surface area (Å²) in [4.78, 5) is 30.2. The molecule has 0 spiro atoms. The lowest BCUT2D eigenvalue weighted by molar-refractivity contribution is -0.150. The maximum absolute atomic E-state index is 13.5. The van der Waals surface area contributed by atoms with Gasteiger partial charge >= 0.3 is 0 Å². The molecule has 1 atom stereocenters.